The molecule has 4 nitrogen and oxygen atoms in total. The van der Waals surface area contributed by atoms with Crippen molar-refractivity contribution in [2.75, 3.05) is 31.1 Å². The SMILES string of the molecule is CCS(=O)CCNC(=O)C1CCNC1. The number of rotatable bonds is 5. The number of nitrogens with one attached hydrogen (secondary N) is 2. The summed E-state index contributed by atoms with van der Waals surface area (Å²) in [5.74, 6) is 1.46. The van der Waals surface area contributed by atoms with Gasteiger partial charge in [-0.15, -0.1) is 0 Å². The van der Waals surface area contributed by atoms with Gasteiger partial charge in [-0.05, 0) is 13.0 Å². The Hall–Kier alpha value is -0.420. The third kappa shape index (κ3) is 3.75. The Bertz CT molecular complexity index is 215. The highest BCUT2D eigenvalue weighted by atomic mass is 32.2. The fourth-order valence-electron chi connectivity index (χ4n) is 1.46. The zero-order valence-corrected chi connectivity index (χ0v) is 9.36. The summed E-state index contributed by atoms with van der Waals surface area (Å²) in [4.78, 5) is 11.5. The first-order chi connectivity index (χ1) is 6.74. The number of hydrogen-bond donors (Lipinski definition) is 2. The fraction of sp³-hybridized carbons (Fsp3) is 0.889. The lowest BCUT2D eigenvalue weighted by atomic mass is 10.1. The molecule has 1 amide bonds. The summed E-state index contributed by atoms with van der Waals surface area (Å²) in [5.41, 5.74) is 0. The molecular weight excluding hydrogens is 200 g/mol. The Morgan fingerprint density at radius 1 is 1.64 bits per heavy atom. The van der Waals surface area contributed by atoms with E-state index in [9.17, 15) is 9.00 Å². The fourth-order valence-corrected chi connectivity index (χ4v) is 2.07. The summed E-state index contributed by atoms with van der Waals surface area (Å²) < 4.78 is 11.1. The van der Waals surface area contributed by atoms with Gasteiger partial charge in [0, 0.05) is 35.4 Å². The predicted octanol–water partition coefficient (Wildman–Crippen LogP) is -0.519. The average Bonchev–Trinajstić information content (AvgIpc) is 2.70. The molecule has 1 fully saturated rings. The molecule has 0 aromatic rings. The summed E-state index contributed by atoms with van der Waals surface area (Å²) in [6, 6.07) is 0. The van der Waals surface area contributed by atoms with Gasteiger partial charge in [0.2, 0.25) is 5.91 Å². The molecule has 2 N–H and O–H groups in total. The molecule has 1 rings (SSSR count). The summed E-state index contributed by atoms with van der Waals surface area (Å²) in [7, 11) is -0.775. The van der Waals surface area contributed by atoms with E-state index in [0.717, 1.165) is 19.5 Å². The molecule has 2 atom stereocenters. The van der Waals surface area contributed by atoms with Crippen molar-refractivity contribution in [3.8, 4) is 0 Å². The van der Waals surface area contributed by atoms with Crippen LogP contribution in [0.4, 0.5) is 0 Å². The first-order valence-corrected chi connectivity index (χ1v) is 6.56. The van der Waals surface area contributed by atoms with E-state index in [0.29, 0.717) is 18.1 Å². The van der Waals surface area contributed by atoms with E-state index < -0.39 is 10.8 Å². The highest BCUT2D eigenvalue weighted by Crippen LogP contribution is 2.06. The van der Waals surface area contributed by atoms with Crippen LogP contribution >= 0.6 is 0 Å². The van der Waals surface area contributed by atoms with Crippen molar-refractivity contribution < 1.29 is 9.00 Å². The van der Waals surface area contributed by atoms with E-state index in [2.05, 4.69) is 10.6 Å². The Morgan fingerprint density at radius 3 is 3.00 bits per heavy atom. The quantitative estimate of drug-likeness (QED) is 0.653. The second kappa shape index (κ2) is 6.14. The Morgan fingerprint density at radius 2 is 2.43 bits per heavy atom. The van der Waals surface area contributed by atoms with Gasteiger partial charge in [0.25, 0.3) is 0 Å². The van der Waals surface area contributed by atoms with Gasteiger partial charge in [0.1, 0.15) is 0 Å². The van der Waals surface area contributed by atoms with Gasteiger partial charge in [0.05, 0.1) is 5.92 Å². The van der Waals surface area contributed by atoms with Gasteiger partial charge in [0.15, 0.2) is 0 Å². The Kier molecular flexibility index (Phi) is 5.11. The van der Waals surface area contributed by atoms with Gasteiger partial charge >= 0.3 is 0 Å². The molecule has 0 aliphatic carbocycles. The van der Waals surface area contributed by atoms with Crippen LogP contribution < -0.4 is 10.6 Å². The zero-order valence-electron chi connectivity index (χ0n) is 8.54. The molecule has 0 bridgehead atoms. The number of amides is 1. The van der Waals surface area contributed by atoms with Crippen LogP contribution in [-0.2, 0) is 15.6 Å². The summed E-state index contributed by atoms with van der Waals surface area (Å²) in [6.07, 6.45) is 0.919. The van der Waals surface area contributed by atoms with Crippen molar-refractivity contribution >= 4 is 16.7 Å². The lowest BCUT2D eigenvalue weighted by molar-refractivity contribution is -0.124. The molecule has 0 aromatic carbocycles. The molecular formula is C9H18N2O2S. The van der Waals surface area contributed by atoms with Crippen LogP contribution in [0.1, 0.15) is 13.3 Å². The van der Waals surface area contributed by atoms with Crippen LogP contribution in [-0.4, -0.2) is 41.3 Å². The van der Waals surface area contributed by atoms with Gasteiger partial charge in [-0.3, -0.25) is 9.00 Å². The highest BCUT2D eigenvalue weighted by molar-refractivity contribution is 7.84. The zero-order chi connectivity index (χ0) is 10.4. The third-order valence-corrected chi connectivity index (χ3v) is 3.69. The number of carbonyl (C=O) groups is 1. The predicted molar refractivity (Wildman–Crippen MR) is 57.5 cm³/mol. The Labute approximate surface area is 87.3 Å². The second-order valence-electron chi connectivity index (χ2n) is 3.41. The van der Waals surface area contributed by atoms with Crippen LogP contribution in [0.5, 0.6) is 0 Å². The molecule has 0 saturated carbocycles. The van der Waals surface area contributed by atoms with Crippen molar-refractivity contribution in [3.05, 3.63) is 0 Å². The largest absolute Gasteiger partial charge is 0.355 e. The molecule has 2 unspecified atom stereocenters. The molecule has 14 heavy (non-hydrogen) atoms. The number of carbonyl (C=O) groups excluding carboxylic acids is 1. The van der Waals surface area contributed by atoms with Gasteiger partial charge in [-0.1, -0.05) is 6.92 Å². The van der Waals surface area contributed by atoms with E-state index in [1.165, 1.54) is 0 Å². The molecule has 1 aliphatic heterocycles. The monoisotopic (exact) mass is 218 g/mol. The van der Waals surface area contributed by atoms with E-state index in [-0.39, 0.29) is 11.8 Å². The van der Waals surface area contributed by atoms with Crippen molar-refractivity contribution in [2.45, 2.75) is 13.3 Å². The third-order valence-electron chi connectivity index (χ3n) is 2.38. The highest BCUT2D eigenvalue weighted by Gasteiger charge is 2.21. The maximum Gasteiger partial charge on any atom is 0.224 e. The van der Waals surface area contributed by atoms with E-state index in [1.54, 1.807) is 0 Å². The first-order valence-electron chi connectivity index (χ1n) is 5.07. The average molecular weight is 218 g/mol. The number of hydrogen-bond acceptors (Lipinski definition) is 3. The molecule has 1 saturated heterocycles. The van der Waals surface area contributed by atoms with Crippen LogP contribution in [0.3, 0.4) is 0 Å². The van der Waals surface area contributed by atoms with Crippen LogP contribution in [0.15, 0.2) is 0 Å². The maximum atomic E-state index is 11.5. The van der Waals surface area contributed by atoms with Crippen molar-refractivity contribution in [3.63, 3.8) is 0 Å². The standard InChI is InChI=1S/C9H18N2O2S/c1-2-14(13)6-5-11-9(12)8-3-4-10-7-8/h8,10H,2-7H2,1H3,(H,11,12). The minimum atomic E-state index is -0.775. The van der Waals surface area contributed by atoms with E-state index in [4.69, 9.17) is 0 Å². The van der Waals surface area contributed by atoms with Crippen LogP contribution in [0.25, 0.3) is 0 Å². The van der Waals surface area contributed by atoms with Crippen molar-refractivity contribution in [1.29, 1.82) is 0 Å². The van der Waals surface area contributed by atoms with Crippen molar-refractivity contribution in [2.24, 2.45) is 5.92 Å². The molecule has 0 radical (unpaired) electrons. The van der Waals surface area contributed by atoms with Gasteiger partial charge in [-0.2, -0.15) is 0 Å². The summed E-state index contributed by atoms with van der Waals surface area (Å²) in [6.45, 7) is 4.14. The minimum Gasteiger partial charge on any atom is -0.355 e. The van der Waals surface area contributed by atoms with Gasteiger partial charge < -0.3 is 10.6 Å². The van der Waals surface area contributed by atoms with Crippen molar-refractivity contribution in [1.82, 2.24) is 10.6 Å². The smallest absolute Gasteiger partial charge is 0.224 e. The normalized spacial score (nSPS) is 23.4. The Balaban J connectivity index is 2.11. The minimum absolute atomic E-state index is 0.100. The maximum absolute atomic E-state index is 11.5. The molecule has 0 spiro atoms. The molecule has 5 heteroatoms. The second-order valence-corrected chi connectivity index (χ2v) is 5.28. The molecule has 1 heterocycles. The molecule has 0 aromatic heterocycles. The van der Waals surface area contributed by atoms with Crippen LogP contribution in [0, 0.1) is 5.92 Å². The molecule has 82 valence electrons. The van der Waals surface area contributed by atoms with Gasteiger partial charge in [-0.25, -0.2) is 0 Å². The first kappa shape index (κ1) is 11.7. The summed E-state index contributed by atoms with van der Waals surface area (Å²) >= 11 is 0. The van der Waals surface area contributed by atoms with E-state index >= 15 is 0 Å². The summed E-state index contributed by atoms with van der Waals surface area (Å²) in [5, 5.41) is 5.96. The lowest BCUT2D eigenvalue weighted by Crippen LogP contribution is -2.34. The van der Waals surface area contributed by atoms with E-state index in [1.807, 2.05) is 6.92 Å². The lowest BCUT2D eigenvalue weighted by Gasteiger charge is -2.08. The topological polar surface area (TPSA) is 58.2 Å². The van der Waals surface area contributed by atoms with Crippen LogP contribution in [0.2, 0.25) is 0 Å². The molecule has 1 aliphatic rings.